The molecule has 55 heavy (non-hydrogen) atoms. The van der Waals surface area contributed by atoms with Crippen LogP contribution in [0.25, 0.3) is 0 Å². The third-order valence-corrected chi connectivity index (χ3v) is 9.78. The van der Waals surface area contributed by atoms with Crippen LogP contribution in [0.3, 0.4) is 0 Å². The molecule has 0 bridgehead atoms. The molecule has 0 spiro atoms. The van der Waals surface area contributed by atoms with Crippen molar-refractivity contribution in [3.63, 3.8) is 0 Å². The second-order valence-electron chi connectivity index (χ2n) is 15.3. The monoisotopic (exact) mass is 771 g/mol. The maximum Gasteiger partial charge on any atom is 0.306 e. The van der Waals surface area contributed by atoms with Crippen molar-refractivity contribution in [3.05, 3.63) is 48.6 Å². The number of allylic oxidation sites excluding steroid dienone is 8. The summed E-state index contributed by atoms with van der Waals surface area (Å²) in [6.07, 6.45) is 50.9. The highest BCUT2D eigenvalue weighted by molar-refractivity contribution is 5.71. The molecule has 0 aromatic carbocycles. The average Bonchev–Trinajstić information content (AvgIpc) is 3.18. The largest absolute Gasteiger partial charge is 0.462 e. The Hall–Kier alpha value is -2.63. The number of esters is 3. The quantitative estimate of drug-likeness (QED) is 0.0267. The third kappa shape index (κ3) is 42.4. The number of unbranched alkanes of at least 4 members (excludes halogenated alkanes) is 22. The van der Waals surface area contributed by atoms with Crippen LogP contribution in [-0.2, 0) is 28.6 Å². The zero-order chi connectivity index (χ0) is 40.1. The van der Waals surface area contributed by atoms with E-state index in [0.717, 1.165) is 96.3 Å². The molecule has 318 valence electrons. The average molecular weight is 771 g/mol. The van der Waals surface area contributed by atoms with Gasteiger partial charge in [0.05, 0.1) is 0 Å². The molecule has 0 rings (SSSR count). The Bertz CT molecular complexity index is 980. The van der Waals surface area contributed by atoms with Gasteiger partial charge in [-0.2, -0.15) is 0 Å². The van der Waals surface area contributed by atoms with E-state index < -0.39 is 6.10 Å². The summed E-state index contributed by atoms with van der Waals surface area (Å²) in [7, 11) is 0. The van der Waals surface area contributed by atoms with Gasteiger partial charge in [0.25, 0.3) is 0 Å². The van der Waals surface area contributed by atoms with Gasteiger partial charge in [0.15, 0.2) is 6.10 Å². The minimum atomic E-state index is -0.783. The first kappa shape index (κ1) is 52.4. The normalized spacial score (nSPS) is 12.4. The van der Waals surface area contributed by atoms with Gasteiger partial charge in [0.2, 0.25) is 0 Å². The molecule has 0 N–H and O–H groups in total. The highest BCUT2D eigenvalue weighted by atomic mass is 16.6. The lowest BCUT2D eigenvalue weighted by atomic mass is 10.1. The zero-order valence-corrected chi connectivity index (χ0v) is 36.2. The Kier molecular flexibility index (Phi) is 42.0. The second kappa shape index (κ2) is 44.1. The smallest absolute Gasteiger partial charge is 0.306 e. The van der Waals surface area contributed by atoms with Crippen LogP contribution in [0.1, 0.15) is 226 Å². The van der Waals surface area contributed by atoms with E-state index in [4.69, 9.17) is 14.2 Å². The minimum Gasteiger partial charge on any atom is -0.462 e. The molecule has 0 aliphatic carbocycles. The summed E-state index contributed by atoms with van der Waals surface area (Å²) in [4.78, 5) is 37.7. The molecule has 0 fully saturated rings. The Morgan fingerprint density at radius 3 is 1.07 bits per heavy atom. The molecule has 1 atom stereocenters. The first-order chi connectivity index (χ1) is 27.0. The van der Waals surface area contributed by atoms with Crippen LogP contribution in [0, 0.1) is 0 Å². The van der Waals surface area contributed by atoms with E-state index in [9.17, 15) is 14.4 Å². The summed E-state index contributed by atoms with van der Waals surface area (Å²) in [5.74, 6) is -0.920. The first-order valence-corrected chi connectivity index (χ1v) is 23.1. The van der Waals surface area contributed by atoms with Crippen molar-refractivity contribution in [1.82, 2.24) is 0 Å². The van der Waals surface area contributed by atoms with Crippen molar-refractivity contribution in [2.45, 2.75) is 232 Å². The molecule has 6 heteroatoms. The fraction of sp³-hybridized carbons (Fsp3) is 0.776. The predicted molar refractivity (Wildman–Crippen MR) is 233 cm³/mol. The molecule has 6 nitrogen and oxygen atoms in total. The van der Waals surface area contributed by atoms with Crippen LogP contribution in [0.4, 0.5) is 0 Å². The van der Waals surface area contributed by atoms with Gasteiger partial charge < -0.3 is 14.2 Å². The summed E-state index contributed by atoms with van der Waals surface area (Å²) in [5, 5.41) is 0. The van der Waals surface area contributed by atoms with Crippen LogP contribution in [-0.4, -0.2) is 37.2 Å². The van der Waals surface area contributed by atoms with E-state index in [1.165, 1.54) is 89.9 Å². The number of rotatable bonds is 41. The molecule has 0 aromatic heterocycles. The molecular formula is C49H86O6. The topological polar surface area (TPSA) is 78.9 Å². The van der Waals surface area contributed by atoms with Crippen molar-refractivity contribution >= 4 is 17.9 Å². The lowest BCUT2D eigenvalue weighted by molar-refractivity contribution is -0.167. The van der Waals surface area contributed by atoms with Crippen LogP contribution >= 0.6 is 0 Å². The van der Waals surface area contributed by atoms with Crippen molar-refractivity contribution in [1.29, 1.82) is 0 Å². The molecule has 0 unspecified atom stereocenters. The van der Waals surface area contributed by atoms with Crippen LogP contribution in [0.5, 0.6) is 0 Å². The molecule has 0 heterocycles. The SMILES string of the molecule is CCCC/C=C\CCCCCCCC(=O)OC[C@H](COC(=O)CCCCCCC/C=C\C/C=C\CCCCC)OC(=O)CCCCCCC/C=C\CCCC. The van der Waals surface area contributed by atoms with E-state index in [-0.39, 0.29) is 31.1 Å². The fourth-order valence-electron chi connectivity index (χ4n) is 6.20. The lowest BCUT2D eigenvalue weighted by Gasteiger charge is -2.18. The van der Waals surface area contributed by atoms with Gasteiger partial charge in [-0.3, -0.25) is 14.4 Å². The highest BCUT2D eigenvalue weighted by Gasteiger charge is 2.19. The van der Waals surface area contributed by atoms with Crippen molar-refractivity contribution < 1.29 is 28.6 Å². The Balaban J connectivity index is 4.40. The maximum absolute atomic E-state index is 12.7. The summed E-state index contributed by atoms with van der Waals surface area (Å²) in [6.45, 7) is 6.50. The third-order valence-electron chi connectivity index (χ3n) is 9.78. The number of hydrogen-bond acceptors (Lipinski definition) is 6. The molecule has 0 saturated carbocycles. The number of carbonyl (C=O) groups excluding carboxylic acids is 3. The van der Waals surface area contributed by atoms with Crippen molar-refractivity contribution in [2.24, 2.45) is 0 Å². The van der Waals surface area contributed by atoms with E-state index in [2.05, 4.69) is 69.4 Å². The Morgan fingerprint density at radius 2 is 0.673 bits per heavy atom. The summed E-state index contributed by atoms with van der Waals surface area (Å²) in [5.41, 5.74) is 0. The minimum absolute atomic E-state index is 0.0856. The molecule has 0 aliphatic rings. The van der Waals surface area contributed by atoms with Gasteiger partial charge in [0.1, 0.15) is 13.2 Å². The highest BCUT2D eigenvalue weighted by Crippen LogP contribution is 2.13. The van der Waals surface area contributed by atoms with E-state index >= 15 is 0 Å². The van der Waals surface area contributed by atoms with Gasteiger partial charge in [-0.15, -0.1) is 0 Å². The summed E-state index contributed by atoms with van der Waals surface area (Å²) < 4.78 is 16.7. The summed E-state index contributed by atoms with van der Waals surface area (Å²) >= 11 is 0. The first-order valence-electron chi connectivity index (χ1n) is 23.1. The molecule has 0 saturated heterocycles. The standard InChI is InChI=1S/C49H86O6/c1-4-7-10-13-16-19-22-23-24-25-28-30-33-36-39-42-48(51)54-45-46(55-49(52)43-40-37-34-31-27-21-18-15-12-9-6-3)44-53-47(50)41-38-35-32-29-26-20-17-14-11-8-5-2/h14-19,23-24,46H,4-13,20-22,25-45H2,1-3H3/b17-14-,18-15-,19-16-,24-23-/t46-/m1/s1. The second-order valence-corrected chi connectivity index (χ2v) is 15.3. The van der Waals surface area contributed by atoms with Crippen molar-refractivity contribution in [3.8, 4) is 0 Å². The molecule has 0 amide bonds. The zero-order valence-electron chi connectivity index (χ0n) is 36.2. The van der Waals surface area contributed by atoms with E-state index in [1.807, 2.05) is 0 Å². The Morgan fingerprint density at radius 1 is 0.364 bits per heavy atom. The Labute approximate surface area is 339 Å². The number of ether oxygens (including phenoxy) is 3. The maximum atomic E-state index is 12.7. The van der Waals surface area contributed by atoms with Crippen LogP contribution in [0.2, 0.25) is 0 Å². The van der Waals surface area contributed by atoms with Gasteiger partial charge in [-0.25, -0.2) is 0 Å². The van der Waals surface area contributed by atoms with Gasteiger partial charge in [-0.1, -0.05) is 166 Å². The van der Waals surface area contributed by atoms with Gasteiger partial charge in [-0.05, 0) is 89.9 Å². The molecule has 0 aromatic rings. The van der Waals surface area contributed by atoms with Crippen LogP contribution < -0.4 is 0 Å². The van der Waals surface area contributed by atoms with Crippen LogP contribution in [0.15, 0.2) is 48.6 Å². The lowest BCUT2D eigenvalue weighted by Crippen LogP contribution is -2.30. The fourth-order valence-corrected chi connectivity index (χ4v) is 6.20. The van der Waals surface area contributed by atoms with Gasteiger partial charge in [0, 0.05) is 19.3 Å². The van der Waals surface area contributed by atoms with E-state index in [1.54, 1.807) is 0 Å². The molecular weight excluding hydrogens is 685 g/mol. The summed E-state index contributed by atoms with van der Waals surface area (Å²) in [6, 6.07) is 0. The van der Waals surface area contributed by atoms with Gasteiger partial charge >= 0.3 is 17.9 Å². The molecule has 0 aliphatic heterocycles. The predicted octanol–water partition coefficient (Wildman–Crippen LogP) is 14.8. The number of carbonyl (C=O) groups is 3. The van der Waals surface area contributed by atoms with E-state index in [0.29, 0.717) is 19.3 Å². The van der Waals surface area contributed by atoms with Crippen molar-refractivity contribution in [2.75, 3.05) is 13.2 Å². The number of hydrogen-bond donors (Lipinski definition) is 0. The molecule has 0 radical (unpaired) electrons.